The number of benzene rings is 2. The topological polar surface area (TPSA) is 68.2 Å². The smallest absolute Gasteiger partial charge is 0.344 e. The van der Waals surface area contributed by atoms with Crippen LogP contribution in [-0.4, -0.2) is 25.0 Å². The van der Waals surface area contributed by atoms with Gasteiger partial charge < -0.3 is 4.57 Å². The summed E-state index contributed by atoms with van der Waals surface area (Å²) in [5.41, 5.74) is 0.973. The third-order valence-electron chi connectivity index (χ3n) is 4.86. The lowest BCUT2D eigenvalue weighted by Crippen LogP contribution is -2.15. The number of carbonyl (C=O) groups excluding carboxylic acids is 1. The molecule has 3 aromatic rings. The van der Waals surface area contributed by atoms with Gasteiger partial charge in [-0.2, -0.15) is 13.2 Å². The van der Waals surface area contributed by atoms with Gasteiger partial charge in [-0.3, -0.25) is 9.52 Å². The average Bonchev–Trinajstić information content (AvgIpc) is 2.94. The van der Waals surface area contributed by atoms with E-state index in [0.29, 0.717) is 22.5 Å². The predicted molar refractivity (Wildman–Crippen MR) is 113 cm³/mol. The molecule has 3 rings (SSSR count). The van der Waals surface area contributed by atoms with Crippen LogP contribution in [0.25, 0.3) is 0 Å². The summed E-state index contributed by atoms with van der Waals surface area (Å²) >= 11 is 0. The number of aryl methyl sites for hydroxylation is 1. The first-order valence-corrected chi connectivity index (χ1v) is 11.2. The summed E-state index contributed by atoms with van der Waals surface area (Å²) in [7, 11) is -2.07. The first-order chi connectivity index (χ1) is 14.4. The molecule has 0 aliphatic heterocycles. The molecule has 5 nitrogen and oxygen atoms in total. The molecule has 0 bridgehead atoms. The lowest BCUT2D eigenvalue weighted by atomic mass is 10.0. The van der Waals surface area contributed by atoms with Crippen LogP contribution in [0.15, 0.2) is 54.6 Å². The minimum atomic E-state index is -4.67. The van der Waals surface area contributed by atoms with Crippen molar-refractivity contribution in [2.75, 3.05) is 11.0 Å². The van der Waals surface area contributed by atoms with E-state index in [4.69, 9.17) is 0 Å². The normalized spacial score (nSPS) is 12.1. The van der Waals surface area contributed by atoms with E-state index in [1.165, 1.54) is 12.1 Å². The van der Waals surface area contributed by atoms with Crippen molar-refractivity contribution in [3.05, 3.63) is 88.2 Å². The number of nitrogens with zero attached hydrogens (tertiary/aromatic N) is 1. The van der Waals surface area contributed by atoms with Crippen LogP contribution in [0.2, 0.25) is 0 Å². The molecular formula is C22H21F3N2O3S. The van der Waals surface area contributed by atoms with Gasteiger partial charge in [0.15, 0.2) is 0 Å². The van der Waals surface area contributed by atoms with E-state index in [0.717, 1.165) is 12.3 Å². The van der Waals surface area contributed by atoms with Crippen LogP contribution in [0.1, 0.15) is 38.4 Å². The molecule has 0 unspecified atom stereocenters. The molecule has 0 aliphatic carbocycles. The maximum absolute atomic E-state index is 13.7. The van der Waals surface area contributed by atoms with Gasteiger partial charge in [0.1, 0.15) is 0 Å². The Kier molecular flexibility index (Phi) is 6.00. The predicted octanol–water partition coefficient (Wildman–Crippen LogP) is 4.55. The Hall–Kier alpha value is -3.07. The number of aromatic nitrogens is 1. The molecule has 1 heterocycles. The van der Waals surface area contributed by atoms with E-state index in [1.54, 1.807) is 54.9 Å². The summed E-state index contributed by atoms with van der Waals surface area (Å²) in [5.74, 6) is -0.212. The molecule has 0 atom stereocenters. The number of anilines is 1. The quantitative estimate of drug-likeness (QED) is 0.561. The Morgan fingerprint density at radius 3 is 2.29 bits per heavy atom. The van der Waals surface area contributed by atoms with Crippen molar-refractivity contribution in [2.45, 2.75) is 19.5 Å². The van der Waals surface area contributed by atoms with Crippen molar-refractivity contribution in [3.8, 4) is 0 Å². The summed E-state index contributed by atoms with van der Waals surface area (Å²) in [6, 6.07) is 13.7. The molecule has 0 spiro atoms. The highest BCUT2D eigenvalue weighted by Crippen LogP contribution is 2.35. The molecule has 1 aromatic heterocycles. The molecule has 0 amide bonds. The first kappa shape index (κ1) is 22.6. The van der Waals surface area contributed by atoms with E-state index in [9.17, 15) is 26.4 Å². The van der Waals surface area contributed by atoms with Crippen molar-refractivity contribution in [1.82, 2.24) is 4.57 Å². The highest BCUT2D eigenvalue weighted by Gasteiger charge is 2.34. The van der Waals surface area contributed by atoms with Crippen LogP contribution in [-0.2, 0) is 29.7 Å². The zero-order valence-corrected chi connectivity index (χ0v) is 17.9. The maximum atomic E-state index is 13.7. The van der Waals surface area contributed by atoms with E-state index in [1.807, 2.05) is 0 Å². The molecule has 2 aromatic carbocycles. The van der Waals surface area contributed by atoms with E-state index < -0.39 is 21.8 Å². The molecule has 164 valence electrons. The second kappa shape index (κ2) is 8.22. The monoisotopic (exact) mass is 450 g/mol. The number of hydrogen-bond acceptors (Lipinski definition) is 3. The van der Waals surface area contributed by atoms with Gasteiger partial charge in [0, 0.05) is 30.4 Å². The van der Waals surface area contributed by atoms with Gasteiger partial charge in [-0.25, -0.2) is 8.42 Å². The van der Waals surface area contributed by atoms with Gasteiger partial charge in [-0.1, -0.05) is 36.4 Å². The van der Waals surface area contributed by atoms with E-state index in [2.05, 4.69) is 4.72 Å². The number of alkyl halides is 3. The number of sulfonamides is 1. The SMILES string of the molecule is Cc1cc(Cc2ccc(NS(C)(=O)=O)cc2C(F)(F)F)n(C)c1C(=O)c1ccccc1. The number of hydrogen-bond donors (Lipinski definition) is 1. The third-order valence-corrected chi connectivity index (χ3v) is 5.47. The van der Waals surface area contributed by atoms with Crippen LogP contribution < -0.4 is 4.72 Å². The van der Waals surface area contributed by atoms with Gasteiger partial charge in [0.2, 0.25) is 15.8 Å². The molecule has 0 fully saturated rings. The fraction of sp³-hybridized carbons (Fsp3) is 0.227. The van der Waals surface area contributed by atoms with Crippen LogP contribution >= 0.6 is 0 Å². The summed E-state index contributed by atoms with van der Waals surface area (Å²) < 4.78 is 67.4. The number of halogens is 3. The minimum Gasteiger partial charge on any atom is -0.344 e. The van der Waals surface area contributed by atoms with E-state index in [-0.39, 0.29) is 23.5 Å². The standard InChI is InChI=1S/C22H21F3N2O3S/c1-14-11-18(27(2)20(14)21(28)15-7-5-4-6-8-15)12-16-9-10-17(26-31(3,29)30)13-19(16)22(23,24)25/h4-11,13,26H,12H2,1-3H3. The maximum Gasteiger partial charge on any atom is 0.416 e. The van der Waals surface area contributed by atoms with Crippen molar-refractivity contribution in [2.24, 2.45) is 7.05 Å². The van der Waals surface area contributed by atoms with Gasteiger partial charge in [0.05, 0.1) is 17.5 Å². The minimum absolute atomic E-state index is 0.0224. The summed E-state index contributed by atoms with van der Waals surface area (Å²) in [6.45, 7) is 1.74. The summed E-state index contributed by atoms with van der Waals surface area (Å²) in [4.78, 5) is 12.9. The lowest BCUT2D eigenvalue weighted by Gasteiger charge is -2.16. The lowest BCUT2D eigenvalue weighted by molar-refractivity contribution is -0.138. The Labute approximate surface area is 178 Å². The zero-order chi connectivity index (χ0) is 23.0. The molecule has 0 saturated heterocycles. The van der Waals surface area contributed by atoms with Gasteiger partial charge >= 0.3 is 6.18 Å². The Bertz CT molecular complexity index is 1230. The summed E-state index contributed by atoms with van der Waals surface area (Å²) in [6.07, 6.45) is -3.88. The number of carbonyl (C=O) groups is 1. The highest BCUT2D eigenvalue weighted by atomic mass is 32.2. The molecule has 31 heavy (non-hydrogen) atoms. The van der Waals surface area contributed by atoms with Gasteiger partial charge in [-0.15, -0.1) is 0 Å². The number of nitrogens with one attached hydrogen (secondary N) is 1. The van der Waals surface area contributed by atoms with Crippen molar-refractivity contribution in [1.29, 1.82) is 0 Å². The number of rotatable bonds is 6. The molecule has 0 aliphatic rings. The Balaban J connectivity index is 2.00. The first-order valence-electron chi connectivity index (χ1n) is 9.29. The molecular weight excluding hydrogens is 429 g/mol. The van der Waals surface area contributed by atoms with Gasteiger partial charge in [-0.05, 0) is 36.2 Å². The van der Waals surface area contributed by atoms with Crippen molar-refractivity contribution >= 4 is 21.5 Å². The number of ketones is 1. The largest absolute Gasteiger partial charge is 0.416 e. The molecule has 0 radical (unpaired) electrons. The van der Waals surface area contributed by atoms with E-state index >= 15 is 0 Å². The Morgan fingerprint density at radius 2 is 1.71 bits per heavy atom. The van der Waals surface area contributed by atoms with Crippen LogP contribution in [0.5, 0.6) is 0 Å². The second-order valence-electron chi connectivity index (χ2n) is 7.34. The third kappa shape index (κ3) is 5.16. The van der Waals surface area contributed by atoms with Crippen molar-refractivity contribution < 1.29 is 26.4 Å². The summed E-state index contributed by atoms with van der Waals surface area (Å²) in [5, 5.41) is 0. The van der Waals surface area contributed by atoms with Gasteiger partial charge in [0.25, 0.3) is 0 Å². The Morgan fingerprint density at radius 1 is 1.06 bits per heavy atom. The molecule has 0 saturated carbocycles. The highest BCUT2D eigenvalue weighted by molar-refractivity contribution is 7.92. The second-order valence-corrected chi connectivity index (χ2v) is 9.09. The van der Waals surface area contributed by atoms with Crippen LogP contribution in [0.3, 0.4) is 0 Å². The molecule has 9 heteroatoms. The van der Waals surface area contributed by atoms with Crippen molar-refractivity contribution in [3.63, 3.8) is 0 Å². The van der Waals surface area contributed by atoms with Crippen LogP contribution in [0.4, 0.5) is 18.9 Å². The fourth-order valence-corrected chi connectivity index (χ4v) is 4.07. The average molecular weight is 450 g/mol. The van der Waals surface area contributed by atoms with Crippen LogP contribution in [0, 0.1) is 6.92 Å². The molecule has 1 N–H and O–H groups in total. The fourth-order valence-electron chi connectivity index (χ4n) is 3.52. The zero-order valence-electron chi connectivity index (χ0n) is 17.1.